The Balaban J connectivity index is 3.22. The predicted molar refractivity (Wildman–Crippen MR) is 79.0 cm³/mol. The normalized spacial score (nSPS) is 10.9. The van der Waals surface area contributed by atoms with Crippen molar-refractivity contribution in [2.75, 3.05) is 7.11 Å². The molecule has 0 fully saturated rings. The Kier molecular flexibility index (Phi) is 5.98. The average Bonchev–Trinajstić information content (AvgIpc) is 2.26. The highest BCUT2D eigenvalue weighted by molar-refractivity contribution is 9.24. The molecule has 16 heavy (non-hydrogen) atoms. The Morgan fingerprint density at radius 3 is 2.12 bits per heavy atom. The third kappa shape index (κ3) is 3.55. The number of hydrogen-bond donors (Lipinski definition) is 0. The van der Waals surface area contributed by atoms with Gasteiger partial charge < -0.3 is 4.74 Å². The van der Waals surface area contributed by atoms with Crippen LogP contribution in [0.3, 0.4) is 0 Å². The second kappa shape index (κ2) is 6.52. The van der Waals surface area contributed by atoms with Gasteiger partial charge in [-0.3, -0.25) is 0 Å². The number of alkyl halides is 4. The van der Waals surface area contributed by atoms with Crippen LogP contribution in [-0.2, 0) is 4.74 Å². The summed E-state index contributed by atoms with van der Waals surface area (Å²) in [5.41, 5.74) is 2.55. The Morgan fingerprint density at radius 1 is 1.12 bits per heavy atom. The number of benzene rings is 1. The summed E-state index contributed by atoms with van der Waals surface area (Å²) < 4.78 is 4.70. The first-order chi connectivity index (χ1) is 7.47. The van der Waals surface area contributed by atoms with Crippen molar-refractivity contribution in [3.8, 4) is 0 Å². The molecule has 0 N–H and O–H groups in total. The summed E-state index contributed by atoms with van der Waals surface area (Å²) in [6.45, 7) is 0. The molecule has 0 aliphatic heterocycles. The van der Waals surface area contributed by atoms with E-state index in [4.69, 9.17) is 0 Å². The molecular formula is C10H8Br4O2. The molecule has 2 nitrogen and oxygen atoms in total. The maximum atomic E-state index is 11.4. The van der Waals surface area contributed by atoms with Crippen LogP contribution in [-0.4, -0.2) is 13.1 Å². The summed E-state index contributed by atoms with van der Waals surface area (Å²) in [6, 6.07) is 5.42. The molecule has 0 aromatic heterocycles. The van der Waals surface area contributed by atoms with Gasteiger partial charge in [-0.2, -0.15) is 0 Å². The van der Waals surface area contributed by atoms with Crippen molar-refractivity contribution in [2.45, 2.75) is 7.47 Å². The van der Waals surface area contributed by atoms with Gasteiger partial charge in [0.05, 0.1) is 20.1 Å². The number of carbonyl (C=O) groups excluding carboxylic acids is 1. The summed E-state index contributed by atoms with van der Waals surface area (Å²) in [4.78, 5) is 11.4. The zero-order chi connectivity index (χ0) is 12.3. The SMILES string of the molecule is COC(=O)c1ccc(C(Br)Br)c(C(Br)Br)c1. The molecule has 1 rings (SSSR count). The molecule has 1 aromatic carbocycles. The van der Waals surface area contributed by atoms with Crippen LogP contribution in [0.5, 0.6) is 0 Å². The maximum Gasteiger partial charge on any atom is 0.337 e. The monoisotopic (exact) mass is 476 g/mol. The van der Waals surface area contributed by atoms with Gasteiger partial charge in [-0.25, -0.2) is 4.79 Å². The largest absolute Gasteiger partial charge is 0.465 e. The van der Waals surface area contributed by atoms with E-state index in [2.05, 4.69) is 68.5 Å². The van der Waals surface area contributed by atoms with Gasteiger partial charge in [0.2, 0.25) is 0 Å². The van der Waals surface area contributed by atoms with Gasteiger partial charge in [0.1, 0.15) is 0 Å². The molecule has 0 bridgehead atoms. The van der Waals surface area contributed by atoms with Crippen LogP contribution in [0, 0.1) is 0 Å². The Morgan fingerprint density at radius 2 is 1.69 bits per heavy atom. The van der Waals surface area contributed by atoms with Gasteiger partial charge in [0, 0.05) is 0 Å². The highest BCUT2D eigenvalue weighted by Gasteiger charge is 2.16. The lowest BCUT2D eigenvalue weighted by Crippen LogP contribution is -2.03. The quantitative estimate of drug-likeness (QED) is 0.448. The highest BCUT2D eigenvalue weighted by Crippen LogP contribution is 2.40. The van der Waals surface area contributed by atoms with Gasteiger partial charge in [0.25, 0.3) is 0 Å². The zero-order valence-electron chi connectivity index (χ0n) is 8.22. The van der Waals surface area contributed by atoms with Crippen LogP contribution in [0.15, 0.2) is 18.2 Å². The minimum atomic E-state index is -0.339. The van der Waals surface area contributed by atoms with E-state index in [1.54, 1.807) is 12.1 Å². The first-order valence-corrected chi connectivity index (χ1v) is 7.92. The summed E-state index contributed by atoms with van der Waals surface area (Å²) in [5.74, 6) is -0.339. The van der Waals surface area contributed by atoms with E-state index in [9.17, 15) is 4.79 Å². The standard InChI is InChI=1S/C10H8Br4O2/c1-16-10(15)5-2-3-6(8(11)12)7(4-5)9(13)14/h2-4,8-9H,1H3. The van der Waals surface area contributed by atoms with Crippen molar-refractivity contribution in [3.05, 3.63) is 34.9 Å². The van der Waals surface area contributed by atoms with Crippen molar-refractivity contribution in [1.29, 1.82) is 0 Å². The summed E-state index contributed by atoms with van der Waals surface area (Å²) in [5, 5.41) is 0. The van der Waals surface area contributed by atoms with Gasteiger partial charge >= 0.3 is 5.97 Å². The molecule has 0 aliphatic rings. The Bertz CT molecular complexity index is 390. The van der Waals surface area contributed by atoms with Crippen LogP contribution in [0.2, 0.25) is 0 Å². The lowest BCUT2D eigenvalue weighted by atomic mass is 10.1. The summed E-state index contributed by atoms with van der Waals surface area (Å²) >= 11 is 13.7. The molecule has 0 amide bonds. The van der Waals surface area contributed by atoms with E-state index < -0.39 is 0 Å². The number of methoxy groups -OCH3 is 1. The third-order valence-electron chi connectivity index (χ3n) is 1.98. The second-order valence-corrected chi connectivity index (χ2v) is 9.06. The molecular weight excluding hydrogens is 472 g/mol. The summed E-state index contributed by atoms with van der Waals surface area (Å²) in [6.07, 6.45) is 0. The highest BCUT2D eigenvalue weighted by atomic mass is 79.9. The van der Waals surface area contributed by atoms with Crippen LogP contribution < -0.4 is 0 Å². The smallest absolute Gasteiger partial charge is 0.337 e. The van der Waals surface area contributed by atoms with Gasteiger partial charge in [-0.1, -0.05) is 69.8 Å². The average molecular weight is 480 g/mol. The number of halogens is 4. The number of rotatable bonds is 3. The lowest BCUT2D eigenvalue weighted by molar-refractivity contribution is 0.0600. The molecule has 0 saturated heterocycles. The molecule has 0 atom stereocenters. The number of ether oxygens (including phenoxy) is 1. The van der Waals surface area contributed by atoms with E-state index in [-0.39, 0.29) is 13.4 Å². The number of carbonyl (C=O) groups is 1. The van der Waals surface area contributed by atoms with Crippen molar-refractivity contribution in [3.63, 3.8) is 0 Å². The van der Waals surface area contributed by atoms with Crippen LogP contribution in [0.25, 0.3) is 0 Å². The molecule has 6 heteroatoms. The third-order valence-corrected chi connectivity index (χ3v) is 3.95. The van der Waals surface area contributed by atoms with Crippen molar-refractivity contribution >= 4 is 69.7 Å². The summed E-state index contributed by atoms with van der Waals surface area (Å²) in [7, 11) is 1.37. The first kappa shape index (κ1) is 14.7. The minimum Gasteiger partial charge on any atom is -0.465 e. The van der Waals surface area contributed by atoms with E-state index in [0.717, 1.165) is 11.1 Å². The fourth-order valence-corrected chi connectivity index (χ4v) is 2.83. The fourth-order valence-electron chi connectivity index (χ4n) is 1.21. The Hall–Kier alpha value is 0.610. The maximum absolute atomic E-state index is 11.4. The van der Waals surface area contributed by atoms with Crippen LogP contribution in [0.1, 0.15) is 29.0 Å². The number of hydrogen-bond acceptors (Lipinski definition) is 2. The van der Waals surface area contributed by atoms with Crippen LogP contribution >= 0.6 is 63.7 Å². The van der Waals surface area contributed by atoms with E-state index in [0.29, 0.717) is 5.56 Å². The molecule has 0 saturated carbocycles. The number of esters is 1. The molecule has 88 valence electrons. The van der Waals surface area contributed by atoms with E-state index in [1.807, 2.05) is 6.07 Å². The van der Waals surface area contributed by atoms with E-state index >= 15 is 0 Å². The van der Waals surface area contributed by atoms with Gasteiger partial charge in [0.15, 0.2) is 0 Å². The first-order valence-electron chi connectivity index (χ1n) is 4.25. The molecule has 0 spiro atoms. The molecule has 0 heterocycles. The van der Waals surface area contributed by atoms with E-state index in [1.165, 1.54) is 7.11 Å². The van der Waals surface area contributed by atoms with Crippen molar-refractivity contribution in [2.24, 2.45) is 0 Å². The Labute approximate surface area is 128 Å². The van der Waals surface area contributed by atoms with Crippen molar-refractivity contribution < 1.29 is 9.53 Å². The predicted octanol–water partition coefficient (Wildman–Crippen LogP) is 5.05. The van der Waals surface area contributed by atoms with Gasteiger partial charge in [-0.15, -0.1) is 0 Å². The fraction of sp³-hybridized carbons (Fsp3) is 0.300. The molecule has 0 aliphatic carbocycles. The molecule has 1 aromatic rings. The second-order valence-electron chi connectivity index (χ2n) is 2.94. The van der Waals surface area contributed by atoms with Crippen LogP contribution in [0.4, 0.5) is 0 Å². The molecule has 0 unspecified atom stereocenters. The topological polar surface area (TPSA) is 26.3 Å². The lowest BCUT2D eigenvalue weighted by Gasteiger charge is -2.13. The van der Waals surface area contributed by atoms with Crippen molar-refractivity contribution in [1.82, 2.24) is 0 Å². The zero-order valence-corrected chi connectivity index (χ0v) is 14.6. The van der Waals surface area contributed by atoms with Gasteiger partial charge in [-0.05, 0) is 23.3 Å². The molecule has 0 radical (unpaired) electrons. The minimum absolute atomic E-state index is 0.0165.